The number of nitrogen functional groups attached to an aromatic ring is 1. The molecule has 0 aliphatic heterocycles. The van der Waals surface area contributed by atoms with Crippen molar-refractivity contribution >= 4 is 11.6 Å². The standard InChI is InChI=1S/C21H14F2N4O.ClH/c22-16-4-5-19(18(23)11-16)27-21(24)17(12-26-27)20(28)15-3-1-2-14(10-15)13-6-8-25-9-7-13;/h1-12H,24H2;1H/p-1. The van der Waals surface area contributed by atoms with Crippen molar-refractivity contribution in [3.63, 3.8) is 0 Å². The van der Waals surface area contributed by atoms with Crippen molar-refractivity contribution in [1.82, 2.24) is 14.8 Å². The SMILES string of the molecule is Nc1c(C(=O)c2cccc(-c3ccncc3)c2)cnn1-c1ccc(F)cc1F.[Cl-]. The third kappa shape index (κ3) is 3.86. The van der Waals surface area contributed by atoms with E-state index in [4.69, 9.17) is 5.73 Å². The molecule has 0 unspecified atom stereocenters. The Hall–Kier alpha value is -3.58. The van der Waals surface area contributed by atoms with Crippen LogP contribution in [0.3, 0.4) is 0 Å². The van der Waals surface area contributed by atoms with Gasteiger partial charge < -0.3 is 18.1 Å². The molecule has 5 nitrogen and oxygen atoms in total. The second-order valence-electron chi connectivity index (χ2n) is 6.10. The van der Waals surface area contributed by atoms with E-state index in [0.717, 1.165) is 27.9 Å². The van der Waals surface area contributed by atoms with E-state index in [0.29, 0.717) is 5.56 Å². The van der Waals surface area contributed by atoms with Crippen LogP contribution in [0.2, 0.25) is 0 Å². The van der Waals surface area contributed by atoms with E-state index in [1.165, 1.54) is 12.3 Å². The monoisotopic (exact) mass is 411 g/mol. The Morgan fingerprint density at radius 2 is 1.72 bits per heavy atom. The molecule has 0 spiro atoms. The molecule has 2 heterocycles. The molecule has 2 N–H and O–H groups in total. The van der Waals surface area contributed by atoms with Crippen molar-refractivity contribution < 1.29 is 26.0 Å². The van der Waals surface area contributed by atoms with Gasteiger partial charge in [0.1, 0.15) is 17.3 Å². The molecule has 146 valence electrons. The van der Waals surface area contributed by atoms with E-state index in [1.54, 1.807) is 30.6 Å². The van der Waals surface area contributed by atoms with Crippen molar-refractivity contribution in [2.75, 3.05) is 5.73 Å². The summed E-state index contributed by atoms with van der Waals surface area (Å²) in [6.07, 6.45) is 4.62. The van der Waals surface area contributed by atoms with Crippen LogP contribution in [0.4, 0.5) is 14.6 Å². The molecular weight excluding hydrogens is 398 g/mol. The van der Waals surface area contributed by atoms with Crippen molar-refractivity contribution in [3.05, 3.63) is 95.9 Å². The number of anilines is 1. The number of benzene rings is 2. The number of hydrogen-bond donors (Lipinski definition) is 1. The fourth-order valence-electron chi connectivity index (χ4n) is 2.92. The van der Waals surface area contributed by atoms with Gasteiger partial charge in [0, 0.05) is 24.0 Å². The van der Waals surface area contributed by atoms with Gasteiger partial charge in [0.15, 0.2) is 11.6 Å². The number of carbonyl (C=O) groups excluding carboxylic acids is 1. The number of hydrogen-bond acceptors (Lipinski definition) is 4. The lowest BCUT2D eigenvalue weighted by Crippen LogP contribution is -3.00. The van der Waals surface area contributed by atoms with Gasteiger partial charge in [0.2, 0.25) is 0 Å². The molecule has 0 atom stereocenters. The smallest absolute Gasteiger partial charge is 0.198 e. The number of carbonyl (C=O) groups is 1. The van der Waals surface area contributed by atoms with Crippen LogP contribution in [-0.4, -0.2) is 20.5 Å². The summed E-state index contributed by atoms with van der Waals surface area (Å²) in [7, 11) is 0. The summed E-state index contributed by atoms with van der Waals surface area (Å²) in [4.78, 5) is 16.9. The Balaban J connectivity index is 0.00000240. The van der Waals surface area contributed by atoms with Crippen molar-refractivity contribution in [3.8, 4) is 16.8 Å². The molecular formula is C21H14ClF2N4O-. The lowest BCUT2D eigenvalue weighted by Gasteiger charge is -2.07. The summed E-state index contributed by atoms with van der Waals surface area (Å²) >= 11 is 0. The minimum Gasteiger partial charge on any atom is -1.00 e. The molecule has 0 saturated heterocycles. The van der Waals surface area contributed by atoms with Gasteiger partial charge in [0.05, 0.1) is 11.8 Å². The van der Waals surface area contributed by atoms with Crippen LogP contribution in [0, 0.1) is 11.6 Å². The number of aromatic nitrogens is 3. The number of halogens is 3. The van der Waals surface area contributed by atoms with Crippen LogP contribution in [0.5, 0.6) is 0 Å². The van der Waals surface area contributed by atoms with E-state index in [-0.39, 0.29) is 35.3 Å². The first-order chi connectivity index (χ1) is 13.5. The number of nitrogens with two attached hydrogens (primary N) is 1. The minimum absolute atomic E-state index is 0. The predicted octanol–water partition coefficient (Wildman–Crippen LogP) is 1.03. The average molecular weight is 412 g/mol. The minimum atomic E-state index is -0.825. The number of ketones is 1. The summed E-state index contributed by atoms with van der Waals surface area (Å²) in [5, 5.41) is 4.00. The Morgan fingerprint density at radius 1 is 0.966 bits per heavy atom. The van der Waals surface area contributed by atoms with Crippen LogP contribution in [0.1, 0.15) is 15.9 Å². The molecule has 4 aromatic rings. The zero-order valence-electron chi connectivity index (χ0n) is 14.9. The maximum Gasteiger partial charge on any atom is 0.198 e. The molecule has 0 aliphatic carbocycles. The van der Waals surface area contributed by atoms with E-state index < -0.39 is 11.6 Å². The van der Waals surface area contributed by atoms with Gasteiger partial charge in [-0.2, -0.15) is 5.10 Å². The van der Waals surface area contributed by atoms with E-state index in [1.807, 2.05) is 18.2 Å². The predicted molar refractivity (Wildman–Crippen MR) is 101 cm³/mol. The molecule has 0 fully saturated rings. The first-order valence-electron chi connectivity index (χ1n) is 8.38. The third-order valence-corrected chi connectivity index (χ3v) is 4.33. The molecule has 2 aromatic heterocycles. The molecule has 0 bridgehead atoms. The lowest BCUT2D eigenvalue weighted by atomic mass is 10.00. The normalized spacial score (nSPS) is 10.4. The second-order valence-corrected chi connectivity index (χ2v) is 6.10. The van der Waals surface area contributed by atoms with Crippen LogP contribution in [0.15, 0.2) is 73.2 Å². The number of nitrogens with zero attached hydrogens (tertiary/aromatic N) is 3. The summed E-state index contributed by atoms with van der Waals surface area (Å²) in [5.41, 5.74) is 8.32. The molecule has 8 heteroatoms. The average Bonchev–Trinajstić information content (AvgIpc) is 3.09. The third-order valence-electron chi connectivity index (χ3n) is 4.33. The summed E-state index contributed by atoms with van der Waals surface area (Å²) in [6.45, 7) is 0. The fraction of sp³-hybridized carbons (Fsp3) is 0. The Labute approximate surface area is 171 Å². The topological polar surface area (TPSA) is 73.8 Å². The maximum absolute atomic E-state index is 14.0. The van der Waals surface area contributed by atoms with Gasteiger partial charge in [-0.25, -0.2) is 13.5 Å². The molecule has 29 heavy (non-hydrogen) atoms. The molecule has 0 radical (unpaired) electrons. The molecule has 2 aromatic carbocycles. The summed E-state index contributed by atoms with van der Waals surface area (Å²) in [6, 6.07) is 13.8. The van der Waals surface area contributed by atoms with Crippen molar-refractivity contribution in [2.24, 2.45) is 0 Å². The van der Waals surface area contributed by atoms with Crippen molar-refractivity contribution in [1.29, 1.82) is 0 Å². The highest BCUT2D eigenvalue weighted by Crippen LogP contribution is 2.25. The van der Waals surface area contributed by atoms with Crippen molar-refractivity contribution in [2.45, 2.75) is 0 Å². The van der Waals surface area contributed by atoms with E-state index in [9.17, 15) is 13.6 Å². The fourth-order valence-corrected chi connectivity index (χ4v) is 2.92. The molecule has 0 amide bonds. The van der Waals surface area contributed by atoms with Gasteiger partial charge in [-0.15, -0.1) is 0 Å². The lowest BCUT2D eigenvalue weighted by molar-refractivity contribution is -0.0000142. The maximum atomic E-state index is 14.0. The molecule has 4 rings (SSSR count). The zero-order chi connectivity index (χ0) is 19.7. The summed E-state index contributed by atoms with van der Waals surface area (Å²) < 4.78 is 28.3. The highest BCUT2D eigenvalue weighted by Gasteiger charge is 2.20. The van der Waals surface area contributed by atoms with E-state index >= 15 is 0 Å². The molecule has 0 aliphatic rings. The Kier molecular flexibility index (Phi) is 5.70. The van der Waals surface area contributed by atoms with Gasteiger partial charge in [-0.1, -0.05) is 18.2 Å². The van der Waals surface area contributed by atoms with Gasteiger partial charge in [-0.05, 0) is 41.5 Å². The Morgan fingerprint density at radius 3 is 2.45 bits per heavy atom. The number of pyridine rings is 1. The highest BCUT2D eigenvalue weighted by molar-refractivity contribution is 6.12. The zero-order valence-corrected chi connectivity index (χ0v) is 15.6. The Bertz CT molecular complexity index is 1180. The van der Waals surface area contributed by atoms with Gasteiger partial charge in [-0.3, -0.25) is 9.78 Å². The van der Waals surface area contributed by atoms with Crippen LogP contribution >= 0.6 is 0 Å². The van der Waals surface area contributed by atoms with Crippen LogP contribution in [0.25, 0.3) is 16.8 Å². The first-order valence-corrected chi connectivity index (χ1v) is 8.38. The van der Waals surface area contributed by atoms with Gasteiger partial charge in [0.25, 0.3) is 0 Å². The second kappa shape index (κ2) is 8.20. The number of rotatable bonds is 4. The quantitative estimate of drug-likeness (QED) is 0.509. The van der Waals surface area contributed by atoms with E-state index in [2.05, 4.69) is 10.1 Å². The van der Waals surface area contributed by atoms with Crippen LogP contribution < -0.4 is 18.1 Å². The largest absolute Gasteiger partial charge is 1.00 e. The molecule has 0 saturated carbocycles. The first kappa shape index (κ1) is 20.2. The van der Waals surface area contributed by atoms with Gasteiger partial charge >= 0.3 is 0 Å². The summed E-state index contributed by atoms with van der Waals surface area (Å²) in [5.74, 6) is -1.91. The highest BCUT2D eigenvalue weighted by atomic mass is 35.5. The van der Waals surface area contributed by atoms with Crippen LogP contribution in [-0.2, 0) is 0 Å².